The van der Waals surface area contributed by atoms with Gasteiger partial charge in [0, 0.05) is 5.39 Å². The maximum atomic E-state index is 12.7. The summed E-state index contributed by atoms with van der Waals surface area (Å²) in [6.45, 7) is 3.45. The predicted molar refractivity (Wildman–Crippen MR) is 79.7 cm³/mol. The summed E-state index contributed by atoms with van der Waals surface area (Å²) in [5.74, 6) is -0.550. The highest BCUT2D eigenvalue weighted by molar-refractivity contribution is 7.93. The Morgan fingerprint density at radius 2 is 1.90 bits per heavy atom. The molecule has 0 radical (unpaired) electrons. The summed E-state index contributed by atoms with van der Waals surface area (Å²) in [4.78, 5) is 12.2. The molecule has 2 aromatic rings. The van der Waals surface area contributed by atoms with Gasteiger partial charge in [-0.3, -0.25) is 4.31 Å². The van der Waals surface area contributed by atoms with Gasteiger partial charge in [0.05, 0.1) is 17.2 Å². The molecule has 0 saturated carbocycles. The number of anilines is 1. The third-order valence-corrected chi connectivity index (χ3v) is 5.53. The van der Waals surface area contributed by atoms with Crippen molar-refractivity contribution in [2.24, 2.45) is 0 Å². The molecule has 2 aromatic carbocycles. The molecule has 1 heterocycles. The van der Waals surface area contributed by atoms with Crippen molar-refractivity contribution in [2.75, 3.05) is 10.9 Å². The van der Waals surface area contributed by atoms with Crippen LogP contribution in [0.1, 0.15) is 13.8 Å². The fraction of sp³-hybridized carbons (Fsp3) is 0.267. The van der Waals surface area contributed by atoms with E-state index in [1.165, 1.54) is 0 Å². The number of nitrogens with zero attached hydrogens (tertiary/aromatic N) is 1. The van der Waals surface area contributed by atoms with E-state index in [0.717, 1.165) is 9.69 Å². The third-order valence-electron chi connectivity index (χ3n) is 3.60. The van der Waals surface area contributed by atoms with Gasteiger partial charge >= 0.3 is 5.97 Å². The first-order chi connectivity index (χ1) is 9.98. The summed E-state index contributed by atoms with van der Waals surface area (Å²) in [5.41, 5.74) is 0.531. The third kappa shape index (κ3) is 1.90. The van der Waals surface area contributed by atoms with Crippen molar-refractivity contribution < 1.29 is 17.9 Å². The largest absolute Gasteiger partial charge is 0.464 e. The quantitative estimate of drug-likeness (QED) is 0.816. The van der Waals surface area contributed by atoms with Crippen molar-refractivity contribution in [3.63, 3.8) is 0 Å². The molecule has 6 heteroatoms. The monoisotopic (exact) mass is 305 g/mol. The Kier molecular flexibility index (Phi) is 3.13. The van der Waals surface area contributed by atoms with Crippen molar-refractivity contribution in [1.29, 1.82) is 0 Å². The van der Waals surface area contributed by atoms with E-state index in [1.807, 2.05) is 12.1 Å². The number of hydrogen-bond donors (Lipinski definition) is 0. The molecule has 0 spiro atoms. The minimum absolute atomic E-state index is 0.216. The SMILES string of the molecule is CCOC(=O)C(C)N1c2cccc3cccc(c23)S1(=O)=O. The van der Waals surface area contributed by atoms with Crippen LogP contribution in [0.2, 0.25) is 0 Å². The van der Waals surface area contributed by atoms with Gasteiger partial charge in [-0.1, -0.05) is 24.3 Å². The van der Waals surface area contributed by atoms with Crippen LogP contribution in [-0.2, 0) is 19.6 Å². The second-order valence-electron chi connectivity index (χ2n) is 4.86. The van der Waals surface area contributed by atoms with Crippen LogP contribution in [0.25, 0.3) is 10.8 Å². The molecule has 3 rings (SSSR count). The highest BCUT2D eigenvalue weighted by Crippen LogP contribution is 2.43. The number of esters is 1. The first-order valence-electron chi connectivity index (χ1n) is 6.71. The van der Waals surface area contributed by atoms with Crippen LogP contribution in [0.4, 0.5) is 5.69 Å². The number of ether oxygens (including phenoxy) is 1. The molecule has 21 heavy (non-hydrogen) atoms. The van der Waals surface area contributed by atoms with Crippen molar-refractivity contribution in [2.45, 2.75) is 24.8 Å². The lowest BCUT2D eigenvalue weighted by Gasteiger charge is -2.24. The normalized spacial score (nSPS) is 17.0. The number of benzene rings is 2. The predicted octanol–water partition coefficient (Wildman–Crippen LogP) is 2.30. The molecule has 0 bridgehead atoms. The summed E-state index contributed by atoms with van der Waals surface area (Å²) < 4.78 is 31.6. The van der Waals surface area contributed by atoms with E-state index in [0.29, 0.717) is 11.1 Å². The first-order valence-corrected chi connectivity index (χ1v) is 8.15. The number of hydrogen-bond acceptors (Lipinski definition) is 4. The molecular weight excluding hydrogens is 290 g/mol. The van der Waals surface area contributed by atoms with Gasteiger partial charge in [0.1, 0.15) is 6.04 Å². The van der Waals surface area contributed by atoms with Gasteiger partial charge in [0.15, 0.2) is 0 Å². The Labute approximate surface area is 123 Å². The molecule has 1 unspecified atom stereocenters. The maximum Gasteiger partial charge on any atom is 0.329 e. The lowest BCUT2D eigenvalue weighted by Crippen LogP contribution is -2.42. The zero-order valence-corrected chi connectivity index (χ0v) is 12.6. The van der Waals surface area contributed by atoms with E-state index in [1.54, 1.807) is 38.1 Å². The van der Waals surface area contributed by atoms with Crippen LogP contribution < -0.4 is 4.31 Å². The zero-order valence-electron chi connectivity index (χ0n) is 11.7. The first kappa shape index (κ1) is 13.9. The summed E-state index contributed by atoms with van der Waals surface area (Å²) in [5, 5.41) is 1.50. The van der Waals surface area contributed by atoms with Crippen LogP contribution in [0.3, 0.4) is 0 Å². The lowest BCUT2D eigenvalue weighted by atomic mass is 10.1. The van der Waals surface area contributed by atoms with Gasteiger partial charge in [-0.15, -0.1) is 0 Å². The van der Waals surface area contributed by atoms with E-state index >= 15 is 0 Å². The van der Waals surface area contributed by atoms with E-state index in [2.05, 4.69) is 0 Å². The molecule has 0 fully saturated rings. The highest BCUT2D eigenvalue weighted by atomic mass is 32.2. The topological polar surface area (TPSA) is 63.7 Å². The molecule has 0 amide bonds. The van der Waals surface area contributed by atoms with Gasteiger partial charge in [0.25, 0.3) is 10.0 Å². The van der Waals surface area contributed by atoms with Crippen molar-refractivity contribution in [3.05, 3.63) is 36.4 Å². The number of sulfonamides is 1. The van der Waals surface area contributed by atoms with Gasteiger partial charge < -0.3 is 4.74 Å². The van der Waals surface area contributed by atoms with Crippen LogP contribution in [0.5, 0.6) is 0 Å². The smallest absolute Gasteiger partial charge is 0.329 e. The Balaban J connectivity index is 2.22. The Hall–Kier alpha value is -2.08. The fourth-order valence-corrected chi connectivity index (χ4v) is 4.55. The molecule has 0 saturated heterocycles. The van der Waals surface area contributed by atoms with Crippen molar-refractivity contribution >= 4 is 32.5 Å². The number of rotatable bonds is 3. The minimum atomic E-state index is -3.73. The van der Waals surface area contributed by atoms with Crippen LogP contribution in [0, 0.1) is 0 Å². The summed E-state index contributed by atoms with van der Waals surface area (Å²) in [6, 6.07) is 9.59. The molecule has 0 N–H and O–H groups in total. The van der Waals surface area contributed by atoms with E-state index in [4.69, 9.17) is 4.74 Å². The lowest BCUT2D eigenvalue weighted by molar-refractivity contribution is -0.144. The average Bonchev–Trinajstić information content (AvgIpc) is 2.69. The Morgan fingerprint density at radius 1 is 1.24 bits per heavy atom. The molecule has 1 aliphatic rings. The van der Waals surface area contributed by atoms with E-state index in [9.17, 15) is 13.2 Å². The number of carbonyl (C=O) groups is 1. The fourth-order valence-electron chi connectivity index (χ4n) is 2.70. The van der Waals surface area contributed by atoms with E-state index < -0.39 is 22.0 Å². The summed E-state index contributed by atoms with van der Waals surface area (Å²) in [7, 11) is -3.73. The van der Waals surface area contributed by atoms with Crippen LogP contribution in [0.15, 0.2) is 41.3 Å². The number of carbonyl (C=O) groups excluding carboxylic acids is 1. The molecule has 1 atom stereocenters. The summed E-state index contributed by atoms with van der Waals surface area (Å²) in [6.07, 6.45) is 0. The van der Waals surface area contributed by atoms with Crippen molar-refractivity contribution in [3.8, 4) is 0 Å². The Morgan fingerprint density at radius 3 is 2.57 bits per heavy atom. The van der Waals surface area contributed by atoms with E-state index in [-0.39, 0.29) is 11.5 Å². The zero-order chi connectivity index (χ0) is 15.2. The maximum absolute atomic E-state index is 12.7. The second kappa shape index (κ2) is 4.73. The Bertz CT molecular complexity index is 823. The molecule has 0 aromatic heterocycles. The molecule has 5 nitrogen and oxygen atoms in total. The second-order valence-corrected chi connectivity index (χ2v) is 6.64. The van der Waals surface area contributed by atoms with Gasteiger partial charge in [0.2, 0.25) is 0 Å². The average molecular weight is 305 g/mol. The molecule has 1 aliphatic heterocycles. The van der Waals surface area contributed by atoms with Crippen LogP contribution in [-0.4, -0.2) is 27.0 Å². The highest BCUT2D eigenvalue weighted by Gasteiger charge is 2.41. The molecular formula is C15H15NO4S. The standard InChI is InChI=1S/C15H15NO4S/c1-3-20-15(17)10(2)16-12-8-4-6-11-7-5-9-13(14(11)12)21(16,18)19/h4-10H,3H2,1-2H3. The van der Waals surface area contributed by atoms with Gasteiger partial charge in [-0.05, 0) is 31.4 Å². The van der Waals surface area contributed by atoms with Crippen molar-refractivity contribution in [1.82, 2.24) is 0 Å². The van der Waals surface area contributed by atoms with Gasteiger partial charge in [-0.25, -0.2) is 13.2 Å². The van der Waals surface area contributed by atoms with Crippen LogP contribution >= 0.6 is 0 Å². The minimum Gasteiger partial charge on any atom is -0.464 e. The molecule has 110 valence electrons. The van der Waals surface area contributed by atoms with Gasteiger partial charge in [-0.2, -0.15) is 0 Å². The molecule has 0 aliphatic carbocycles. The summed E-state index contributed by atoms with van der Waals surface area (Å²) >= 11 is 0.